The number of hydrogen-bond acceptors (Lipinski definition) is 1. The van der Waals surface area contributed by atoms with Crippen LogP contribution in [-0.4, -0.2) is 26.9 Å². The van der Waals surface area contributed by atoms with Crippen molar-refractivity contribution < 1.29 is 4.79 Å². The SMILES string of the molecule is O=C(N[C@@H]1CCCC[C@H]1[Se]c1ccccc1)c1ccccc1. The molecule has 1 fully saturated rings. The van der Waals surface area contributed by atoms with Crippen molar-refractivity contribution in [1.29, 1.82) is 0 Å². The monoisotopic (exact) mass is 359 g/mol. The van der Waals surface area contributed by atoms with Crippen LogP contribution in [0, 0.1) is 0 Å². The number of amides is 1. The number of carbonyl (C=O) groups excluding carboxylic acids is 1. The van der Waals surface area contributed by atoms with Crippen LogP contribution in [0.4, 0.5) is 0 Å². The molecule has 1 saturated carbocycles. The van der Waals surface area contributed by atoms with Crippen LogP contribution in [0.15, 0.2) is 60.7 Å². The summed E-state index contributed by atoms with van der Waals surface area (Å²) < 4.78 is 1.43. The first-order valence-electron chi connectivity index (χ1n) is 7.90. The molecule has 2 aromatic rings. The van der Waals surface area contributed by atoms with Crippen molar-refractivity contribution in [2.45, 2.75) is 36.5 Å². The fraction of sp³-hybridized carbons (Fsp3) is 0.316. The van der Waals surface area contributed by atoms with Gasteiger partial charge in [0.25, 0.3) is 0 Å². The maximum absolute atomic E-state index is 12.4. The molecular weight excluding hydrogens is 337 g/mol. The van der Waals surface area contributed by atoms with Crippen LogP contribution in [0.1, 0.15) is 36.0 Å². The van der Waals surface area contributed by atoms with Gasteiger partial charge in [-0.3, -0.25) is 0 Å². The summed E-state index contributed by atoms with van der Waals surface area (Å²) in [6.07, 6.45) is 4.85. The molecule has 0 heterocycles. The molecule has 1 aliphatic rings. The van der Waals surface area contributed by atoms with Gasteiger partial charge in [-0.25, -0.2) is 0 Å². The predicted octanol–water partition coefficient (Wildman–Crippen LogP) is 3.18. The molecule has 2 atom stereocenters. The van der Waals surface area contributed by atoms with E-state index in [9.17, 15) is 4.79 Å². The topological polar surface area (TPSA) is 29.1 Å². The quantitative estimate of drug-likeness (QED) is 0.836. The number of hydrogen-bond donors (Lipinski definition) is 1. The molecule has 0 aliphatic heterocycles. The third-order valence-electron chi connectivity index (χ3n) is 4.09. The van der Waals surface area contributed by atoms with Crippen LogP contribution in [0.25, 0.3) is 0 Å². The van der Waals surface area contributed by atoms with Crippen molar-refractivity contribution in [3.05, 3.63) is 66.2 Å². The Morgan fingerprint density at radius 3 is 2.27 bits per heavy atom. The molecule has 1 amide bonds. The van der Waals surface area contributed by atoms with Crippen LogP contribution in [0.2, 0.25) is 4.82 Å². The van der Waals surface area contributed by atoms with E-state index in [4.69, 9.17) is 0 Å². The molecular formula is C19H21NOSe. The van der Waals surface area contributed by atoms with E-state index in [1.165, 1.54) is 23.7 Å². The second-order valence-corrected chi connectivity index (χ2v) is 8.45. The van der Waals surface area contributed by atoms with Gasteiger partial charge in [0.2, 0.25) is 0 Å². The summed E-state index contributed by atoms with van der Waals surface area (Å²) in [6.45, 7) is 0. The van der Waals surface area contributed by atoms with Gasteiger partial charge >= 0.3 is 138 Å². The molecule has 3 rings (SSSR count). The molecule has 1 aliphatic carbocycles. The number of benzene rings is 2. The third-order valence-corrected chi connectivity index (χ3v) is 7.05. The molecule has 0 radical (unpaired) electrons. The minimum absolute atomic E-state index is 0.0707. The maximum atomic E-state index is 12.4. The van der Waals surface area contributed by atoms with Gasteiger partial charge in [-0.15, -0.1) is 0 Å². The molecule has 114 valence electrons. The number of nitrogens with one attached hydrogen (secondary N) is 1. The van der Waals surface area contributed by atoms with Crippen molar-refractivity contribution in [2.24, 2.45) is 0 Å². The van der Waals surface area contributed by atoms with E-state index in [0.29, 0.717) is 25.8 Å². The summed E-state index contributed by atoms with van der Waals surface area (Å²) >= 11 is 0.427. The van der Waals surface area contributed by atoms with Gasteiger partial charge in [-0.05, 0) is 0 Å². The van der Waals surface area contributed by atoms with Gasteiger partial charge in [0.1, 0.15) is 0 Å². The second kappa shape index (κ2) is 7.62. The third kappa shape index (κ3) is 4.00. The zero-order valence-corrected chi connectivity index (χ0v) is 14.3. The molecule has 0 unspecified atom stereocenters. The van der Waals surface area contributed by atoms with Gasteiger partial charge < -0.3 is 0 Å². The van der Waals surface area contributed by atoms with Crippen LogP contribution >= 0.6 is 0 Å². The Kier molecular flexibility index (Phi) is 5.31. The van der Waals surface area contributed by atoms with Crippen molar-refractivity contribution >= 4 is 25.3 Å². The second-order valence-electron chi connectivity index (χ2n) is 5.70. The average Bonchev–Trinajstić information content (AvgIpc) is 2.58. The van der Waals surface area contributed by atoms with Gasteiger partial charge in [0, 0.05) is 0 Å². The van der Waals surface area contributed by atoms with Crippen molar-refractivity contribution in [1.82, 2.24) is 5.32 Å². The van der Waals surface area contributed by atoms with Crippen LogP contribution < -0.4 is 9.78 Å². The van der Waals surface area contributed by atoms with Gasteiger partial charge in [-0.1, -0.05) is 0 Å². The van der Waals surface area contributed by atoms with E-state index in [2.05, 4.69) is 35.6 Å². The Morgan fingerprint density at radius 2 is 1.55 bits per heavy atom. The number of carbonyl (C=O) groups is 1. The molecule has 0 saturated heterocycles. The molecule has 0 bridgehead atoms. The Morgan fingerprint density at radius 1 is 0.909 bits per heavy atom. The molecule has 22 heavy (non-hydrogen) atoms. The first kappa shape index (κ1) is 15.3. The van der Waals surface area contributed by atoms with E-state index >= 15 is 0 Å². The first-order chi connectivity index (χ1) is 10.8. The standard InChI is InChI=1S/C19H21NOSe/c21-19(15-9-3-1-4-10-15)20-17-13-7-8-14-18(17)22-16-11-5-2-6-12-16/h1-6,9-12,17-18H,7-8,13-14H2,(H,20,21)/t17-,18-/m1/s1. The Balaban J connectivity index is 1.66. The van der Waals surface area contributed by atoms with E-state index in [1.807, 2.05) is 30.3 Å². The molecule has 1 N–H and O–H groups in total. The minimum atomic E-state index is 0.0707. The first-order valence-corrected chi connectivity index (χ1v) is 9.75. The van der Waals surface area contributed by atoms with E-state index in [0.717, 1.165) is 12.0 Å². The summed E-state index contributed by atoms with van der Waals surface area (Å²) in [5, 5.41) is 3.28. The van der Waals surface area contributed by atoms with Gasteiger partial charge in [-0.2, -0.15) is 0 Å². The summed E-state index contributed by atoms with van der Waals surface area (Å²) in [5.74, 6) is 0.0707. The normalized spacial score (nSPS) is 21.3. The zero-order valence-electron chi connectivity index (χ0n) is 12.6. The van der Waals surface area contributed by atoms with Crippen LogP contribution in [0.5, 0.6) is 0 Å². The zero-order chi connectivity index (χ0) is 15.2. The molecule has 3 heteroatoms. The number of rotatable bonds is 4. The Hall–Kier alpha value is -1.57. The average molecular weight is 358 g/mol. The fourth-order valence-electron chi connectivity index (χ4n) is 2.92. The molecule has 0 aromatic heterocycles. The van der Waals surface area contributed by atoms with Crippen molar-refractivity contribution in [2.75, 3.05) is 0 Å². The molecule has 2 aromatic carbocycles. The predicted molar refractivity (Wildman–Crippen MR) is 91.7 cm³/mol. The van der Waals surface area contributed by atoms with Gasteiger partial charge in [0.05, 0.1) is 0 Å². The van der Waals surface area contributed by atoms with E-state index in [-0.39, 0.29) is 5.91 Å². The molecule has 0 spiro atoms. The van der Waals surface area contributed by atoms with E-state index < -0.39 is 0 Å². The van der Waals surface area contributed by atoms with Crippen molar-refractivity contribution in [3.8, 4) is 0 Å². The van der Waals surface area contributed by atoms with Gasteiger partial charge in [0.15, 0.2) is 0 Å². The summed E-state index contributed by atoms with van der Waals surface area (Å²) in [5.41, 5.74) is 0.763. The Labute approximate surface area is 138 Å². The summed E-state index contributed by atoms with van der Waals surface area (Å²) in [6, 6.07) is 20.6. The van der Waals surface area contributed by atoms with E-state index in [1.54, 1.807) is 0 Å². The van der Waals surface area contributed by atoms with Crippen LogP contribution in [0.3, 0.4) is 0 Å². The molecule has 2 nitrogen and oxygen atoms in total. The Bertz CT molecular complexity index is 599. The summed E-state index contributed by atoms with van der Waals surface area (Å²) in [4.78, 5) is 13.0. The van der Waals surface area contributed by atoms with Crippen LogP contribution in [-0.2, 0) is 0 Å². The fourth-order valence-corrected chi connectivity index (χ4v) is 5.68. The van der Waals surface area contributed by atoms with Crippen molar-refractivity contribution in [3.63, 3.8) is 0 Å². The summed E-state index contributed by atoms with van der Waals surface area (Å²) in [7, 11) is 0.